The highest BCUT2D eigenvalue weighted by atomic mass is 16.5. The SMILES string of the molecule is C=C1[C@@H](O)C[C@@H]2C[C@]3(C)C[C@H](OC(C)=O)C(C)(C)[C@@H]3[C@@]12O. The number of rotatable bonds is 1. The molecule has 0 aliphatic heterocycles. The molecule has 0 aromatic heterocycles. The van der Waals surface area contributed by atoms with Crippen molar-refractivity contribution in [2.75, 3.05) is 0 Å². The molecule has 0 aromatic carbocycles. The molecule has 4 heteroatoms. The summed E-state index contributed by atoms with van der Waals surface area (Å²) in [6.07, 6.45) is 1.40. The van der Waals surface area contributed by atoms with Crippen molar-refractivity contribution in [3.8, 4) is 0 Å². The van der Waals surface area contributed by atoms with E-state index >= 15 is 0 Å². The molecule has 0 bridgehead atoms. The van der Waals surface area contributed by atoms with Crippen molar-refractivity contribution in [3.05, 3.63) is 12.2 Å². The maximum atomic E-state index is 11.4. The first-order chi connectivity index (χ1) is 9.53. The summed E-state index contributed by atoms with van der Waals surface area (Å²) in [6, 6.07) is 0. The molecule has 0 amide bonds. The van der Waals surface area contributed by atoms with Crippen molar-refractivity contribution in [3.63, 3.8) is 0 Å². The van der Waals surface area contributed by atoms with Crippen LogP contribution in [0.15, 0.2) is 12.2 Å². The molecule has 4 nitrogen and oxygen atoms in total. The second kappa shape index (κ2) is 4.11. The van der Waals surface area contributed by atoms with Gasteiger partial charge in [0.2, 0.25) is 0 Å². The van der Waals surface area contributed by atoms with E-state index in [-0.39, 0.29) is 34.7 Å². The summed E-state index contributed by atoms with van der Waals surface area (Å²) in [5.74, 6) is -0.255. The number of aliphatic hydroxyl groups excluding tert-OH is 1. The summed E-state index contributed by atoms with van der Waals surface area (Å²) in [5.41, 5.74) is -0.895. The van der Waals surface area contributed by atoms with Gasteiger partial charge in [0, 0.05) is 18.3 Å². The molecular weight excluding hydrogens is 268 g/mol. The lowest BCUT2D eigenvalue weighted by molar-refractivity contribution is -0.154. The normalized spacial score (nSPS) is 50.9. The summed E-state index contributed by atoms with van der Waals surface area (Å²) < 4.78 is 5.54. The van der Waals surface area contributed by atoms with Gasteiger partial charge in [-0.05, 0) is 36.2 Å². The molecule has 118 valence electrons. The Labute approximate surface area is 126 Å². The summed E-state index contributed by atoms with van der Waals surface area (Å²) >= 11 is 0. The largest absolute Gasteiger partial charge is 0.462 e. The maximum absolute atomic E-state index is 11.4. The van der Waals surface area contributed by atoms with Crippen LogP contribution in [0.2, 0.25) is 0 Å². The highest BCUT2D eigenvalue weighted by molar-refractivity contribution is 5.66. The minimum Gasteiger partial charge on any atom is -0.462 e. The predicted octanol–water partition coefficient (Wildman–Crippen LogP) is 2.04. The van der Waals surface area contributed by atoms with Crippen molar-refractivity contribution in [2.24, 2.45) is 22.7 Å². The summed E-state index contributed by atoms with van der Waals surface area (Å²) in [4.78, 5) is 11.4. The third-order valence-corrected chi connectivity index (χ3v) is 6.43. The first-order valence-electron chi connectivity index (χ1n) is 7.80. The Morgan fingerprint density at radius 1 is 1.33 bits per heavy atom. The molecular formula is C17H26O4. The standard InChI is InChI=1S/C17H26O4/c1-9-12(19)6-11-7-16(5)8-13(21-10(2)18)15(3,4)14(16)17(9,11)20/h11-14,19-20H,1,6-8H2,2-5H3/t11-,12+,13+,14+,16-,17-/m1/s1. The lowest BCUT2D eigenvalue weighted by atomic mass is 9.66. The van der Waals surface area contributed by atoms with Crippen LogP contribution >= 0.6 is 0 Å². The van der Waals surface area contributed by atoms with Crippen LogP contribution in [0.4, 0.5) is 0 Å². The van der Waals surface area contributed by atoms with Gasteiger partial charge in [0.1, 0.15) is 6.10 Å². The Morgan fingerprint density at radius 2 is 1.95 bits per heavy atom. The number of carbonyl (C=O) groups is 1. The van der Waals surface area contributed by atoms with E-state index < -0.39 is 11.7 Å². The minimum atomic E-state index is -1.04. The van der Waals surface area contributed by atoms with Crippen LogP contribution in [0.25, 0.3) is 0 Å². The fourth-order valence-electron chi connectivity index (χ4n) is 5.93. The van der Waals surface area contributed by atoms with Crippen LogP contribution in [0.5, 0.6) is 0 Å². The Hall–Kier alpha value is -0.870. The van der Waals surface area contributed by atoms with E-state index in [1.807, 2.05) is 0 Å². The Balaban J connectivity index is 2.03. The lowest BCUT2D eigenvalue weighted by Gasteiger charge is -2.43. The van der Waals surface area contributed by atoms with E-state index in [0.29, 0.717) is 12.0 Å². The van der Waals surface area contributed by atoms with Crippen LogP contribution in [-0.4, -0.2) is 34.0 Å². The monoisotopic (exact) mass is 294 g/mol. The zero-order valence-corrected chi connectivity index (χ0v) is 13.3. The average Bonchev–Trinajstić information content (AvgIpc) is 2.74. The molecule has 0 spiro atoms. The van der Waals surface area contributed by atoms with Gasteiger partial charge in [-0.25, -0.2) is 0 Å². The number of fused-ring (bicyclic) bond motifs is 3. The summed E-state index contributed by atoms with van der Waals surface area (Å²) in [7, 11) is 0. The second-order valence-corrected chi connectivity index (χ2v) is 8.21. The number of hydrogen-bond donors (Lipinski definition) is 2. The number of esters is 1. The molecule has 0 aromatic rings. The van der Waals surface area contributed by atoms with Gasteiger partial charge in [-0.15, -0.1) is 0 Å². The van der Waals surface area contributed by atoms with Crippen molar-refractivity contribution in [2.45, 2.75) is 64.8 Å². The maximum Gasteiger partial charge on any atom is 0.302 e. The molecule has 0 unspecified atom stereocenters. The van der Waals surface area contributed by atoms with Gasteiger partial charge >= 0.3 is 5.97 Å². The molecule has 21 heavy (non-hydrogen) atoms. The van der Waals surface area contributed by atoms with Gasteiger partial charge in [-0.3, -0.25) is 4.79 Å². The van der Waals surface area contributed by atoms with E-state index in [1.165, 1.54) is 6.92 Å². The molecule has 3 aliphatic carbocycles. The molecule has 3 rings (SSSR count). The Kier molecular flexibility index (Phi) is 2.94. The molecule has 6 atom stereocenters. The lowest BCUT2D eigenvalue weighted by Crippen LogP contribution is -2.48. The summed E-state index contributed by atoms with van der Waals surface area (Å²) in [5, 5.41) is 21.5. The molecule has 2 N–H and O–H groups in total. The molecule has 0 heterocycles. The smallest absolute Gasteiger partial charge is 0.302 e. The van der Waals surface area contributed by atoms with Gasteiger partial charge < -0.3 is 14.9 Å². The first kappa shape index (κ1) is 15.0. The molecule has 3 fully saturated rings. The third-order valence-electron chi connectivity index (χ3n) is 6.43. The van der Waals surface area contributed by atoms with Crippen molar-refractivity contribution < 1.29 is 19.7 Å². The molecule has 0 saturated heterocycles. The average molecular weight is 294 g/mol. The van der Waals surface area contributed by atoms with Gasteiger partial charge in [-0.2, -0.15) is 0 Å². The summed E-state index contributed by atoms with van der Waals surface area (Å²) in [6.45, 7) is 11.7. The first-order valence-corrected chi connectivity index (χ1v) is 7.80. The number of hydrogen-bond acceptors (Lipinski definition) is 4. The van der Waals surface area contributed by atoms with Crippen LogP contribution in [0, 0.1) is 22.7 Å². The van der Waals surface area contributed by atoms with Crippen LogP contribution in [0.3, 0.4) is 0 Å². The van der Waals surface area contributed by atoms with Gasteiger partial charge in [0.15, 0.2) is 0 Å². The van der Waals surface area contributed by atoms with E-state index in [2.05, 4.69) is 27.4 Å². The quantitative estimate of drug-likeness (QED) is 0.574. The van der Waals surface area contributed by atoms with Gasteiger partial charge in [0.05, 0.1) is 11.7 Å². The third kappa shape index (κ3) is 1.72. The van der Waals surface area contributed by atoms with Crippen molar-refractivity contribution in [1.29, 1.82) is 0 Å². The Bertz CT molecular complexity index is 511. The fraction of sp³-hybridized carbons (Fsp3) is 0.824. The van der Waals surface area contributed by atoms with Gasteiger partial charge in [0.25, 0.3) is 0 Å². The van der Waals surface area contributed by atoms with Crippen LogP contribution < -0.4 is 0 Å². The number of ether oxygens (including phenoxy) is 1. The zero-order chi connectivity index (χ0) is 15.8. The van der Waals surface area contributed by atoms with Crippen molar-refractivity contribution >= 4 is 5.97 Å². The fourth-order valence-corrected chi connectivity index (χ4v) is 5.93. The number of carbonyl (C=O) groups excluding carboxylic acids is 1. The molecule has 0 radical (unpaired) electrons. The topological polar surface area (TPSA) is 66.8 Å². The number of aliphatic hydroxyl groups is 2. The van der Waals surface area contributed by atoms with E-state index in [9.17, 15) is 15.0 Å². The van der Waals surface area contributed by atoms with Gasteiger partial charge in [-0.1, -0.05) is 27.4 Å². The predicted molar refractivity (Wildman–Crippen MR) is 78.4 cm³/mol. The Morgan fingerprint density at radius 3 is 2.52 bits per heavy atom. The van der Waals surface area contributed by atoms with E-state index in [1.54, 1.807) is 0 Å². The highest BCUT2D eigenvalue weighted by Crippen LogP contribution is 2.71. The van der Waals surface area contributed by atoms with Crippen molar-refractivity contribution in [1.82, 2.24) is 0 Å². The zero-order valence-electron chi connectivity index (χ0n) is 13.3. The van der Waals surface area contributed by atoms with Crippen LogP contribution in [0.1, 0.15) is 47.0 Å². The van der Waals surface area contributed by atoms with Crippen LogP contribution in [-0.2, 0) is 9.53 Å². The molecule has 3 aliphatic rings. The minimum absolute atomic E-state index is 0.0449. The van der Waals surface area contributed by atoms with E-state index in [0.717, 1.165) is 12.8 Å². The molecule has 3 saturated carbocycles. The van der Waals surface area contributed by atoms with E-state index in [4.69, 9.17) is 4.74 Å². The highest BCUT2D eigenvalue weighted by Gasteiger charge is 2.73. The second-order valence-electron chi connectivity index (χ2n) is 8.21.